The van der Waals surface area contributed by atoms with E-state index < -0.39 is 10.0 Å². The molecule has 0 saturated carbocycles. The van der Waals surface area contributed by atoms with Gasteiger partial charge in [-0.2, -0.15) is 5.11 Å². The smallest absolute Gasteiger partial charge is 0.263 e. The first-order chi connectivity index (χ1) is 14.2. The first kappa shape index (κ1) is 21.1. The number of benzene rings is 2. The highest BCUT2D eigenvalue weighted by Gasteiger charge is 2.15. The highest BCUT2D eigenvalue weighted by molar-refractivity contribution is 7.92. The van der Waals surface area contributed by atoms with Gasteiger partial charge < -0.3 is 10.4 Å². The Labute approximate surface area is 176 Å². The number of anilines is 2. The maximum atomic E-state index is 12.4. The minimum atomic E-state index is -3.88. The number of phenols is 1. The summed E-state index contributed by atoms with van der Waals surface area (Å²) in [6.45, 7) is 1.36. The summed E-state index contributed by atoms with van der Waals surface area (Å²) in [5.41, 5.74) is 0.942. The number of carbonyl (C=O) groups is 1. The van der Waals surface area contributed by atoms with Crippen molar-refractivity contribution in [1.29, 1.82) is 0 Å². The molecule has 154 valence electrons. The molecule has 0 aliphatic rings. The van der Waals surface area contributed by atoms with Gasteiger partial charge in [0.25, 0.3) is 10.0 Å². The summed E-state index contributed by atoms with van der Waals surface area (Å²) >= 11 is 5.63. The zero-order valence-corrected chi connectivity index (χ0v) is 17.0. The molecule has 0 radical (unpaired) electrons. The van der Waals surface area contributed by atoms with Crippen LogP contribution in [-0.2, 0) is 14.8 Å². The number of azo groups is 1. The van der Waals surface area contributed by atoms with Gasteiger partial charge in [0.15, 0.2) is 11.0 Å². The fourth-order valence-corrected chi connectivity index (χ4v) is 3.35. The molecule has 0 atom stereocenters. The first-order valence-electron chi connectivity index (χ1n) is 8.37. The van der Waals surface area contributed by atoms with E-state index in [9.17, 15) is 18.3 Å². The van der Waals surface area contributed by atoms with E-state index in [1.54, 1.807) is 0 Å². The molecule has 30 heavy (non-hydrogen) atoms. The van der Waals surface area contributed by atoms with Crippen molar-refractivity contribution < 1.29 is 18.3 Å². The lowest BCUT2D eigenvalue weighted by atomic mass is 10.2. The van der Waals surface area contributed by atoms with Crippen molar-refractivity contribution in [3.8, 4) is 5.75 Å². The molecule has 3 N–H and O–H groups in total. The number of aromatic nitrogens is 2. The normalized spacial score (nSPS) is 11.4. The fraction of sp³-hybridized carbons (Fsp3) is 0.0556. The molecular weight excluding hydrogens is 432 g/mol. The second kappa shape index (κ2) is 8.84. The van der Waals surface area contributed by atoms with E-state index in [4.69, 9.17) is 11.6 Å². The quantitative estimate of drug-likeness (QED) is 0.385. The molecule has 1 heterocycles. The van der Waals surface area contributed by atoms with E-state index in [0.29, 0.717) is 11.4 Å². The summed E-state index contributed by atoms with van der Waals surface area (Å²) in [6.07, 6.45) is 0. The Kier molecular flexibility index (Phi) is 6.23. The number of nitrogens with zero attached hydrogens (tertiary/aromatic N) is 4. The minimum Gasteiger partial charge on any atom is -0.506 e. The molecule has 0 saturated heterocycles. The third-order valence-corrected chi connectivity index (χ3v) is 5.16. The molecule has 3 rings (SSSR count). The molecule has 2 aromatic carbocycles. The van der Waals surface area contributed by atoms with Crippen molar-refractivity contribution in [2.24, 2.45) is 10.2 Å². The monoisotopic (exact) mass is 446 g/mol. The molecule has 3 aromatic rings. The number of nitrogens with one attached hydrogen (secondary N) is 2. The summed E-state index contributed by atoms with van der Waals surface area (Å²) in [6, 6.07) is 12.7. The van der Waals surface area contributed by atoms with Gasteiger partial charge in [-0.05, 0) is 54.6 Å². The van der Waals surface area contributed by atoms with Crippen LogP contribution in [0.2, 0.25) is 5.15 Å². The van der Waals surface area contributed by atoms with Crippen LogP contribution >= 0.6 is 11.6 Å². The van der Waals surface area contributed by atoms with Crippen LogP contribution in [0.4, 0.5) is 22.9 Å². The van der Waals surface area contributed by atoms with Gasteiger partial charge in [0.05, 0.1) is 10.6 Å². The van der Waals surface area contributed by atoms with E-state index in [-0.39, 0.29) is 33.2 Å². The largest absolute Gasteiger partial charge is 0.506 e. The summed E-state index contributed by atoms with van der Waals surface area (Å²) in [7, 11) is -3.88. The lowest BCUT2D eigenvalue weighted by Gasteiger charge is -2.07. The average Bonchev–Trinajstić information content (AvgIpc) is 2.70. The van der Waals surface area contributed by atoms with Crippen molar-refractivity contribution in [1.82, 2.24) is 10.2 Å². The molecule has 0 aliphatic carbocycles. The van der Waals surface area contributed by atoms with Crippen LogP contribution in [-0.4, -0.2) is 29.6 Å². The van der Waals surface area contributed by atoms with Gasteiger partial charge in [0.2, 0.25) is 5.91 Å². The average molecular weight is 447 g/mol. The molecule has 10 nitrogen and oxygen atoms in total. The van der Waals surface area contributed by atoms with Gasteiger partial charge in [-0.3, -0.25) is 9.52 Å². The maximum absolute atomic E-state index is 12.4. The van der Waals surface area contributed by atoms with Gasteiger partial charge in [0, 0.05) is 12.6 Å². The molecule has 0 aliphatic heterocycles. The SMILES string of the molecule is CC(=O)Nc1ccc(O)c(N=Nc2ccc(S(=O)(=O)Nc3ccc(Cl)nn3)cc2)c1. The number of amides is 1. The minimum absolute atomic E-state index is 0.0197. The topological polar surface area (TPSA) is 146 Å². The number of hydrogen-bond donors (Lipinski definition) is 3. The predicted molar refractivity (Wildman–Crippen MR) is 111 cm³/mol. The lowest BCUT2D eigenvalue weighted by molar-refractivity contribution is -0.114. The standard InChI is InChI=1S/C18H15ClN6O4S/c1-11(26)20-13-4-7-16(27)15(10-13)22-21-12-2-5-14(6-3-12)30(28,29)25-18-9-8-17(19)23-24-18/h2-10,27H,1H3,(H,20,26)(H,24,25). The van der Waals surface area contributed by atoms with Crippen LogP contribution in [0.15, 0.2) is 69.7 Å². The Morgan fingerprint density at radius 3 is 2.40 bits per heavy atom. The van der Waals surface area contributed by atoms with Crippen molar-refractivity contribution in [3.05, 3.63) is 59.8 Å². The lowest BCUT2D eigenvalue weighted by Crippen LogP contribution is -2.14. The van der Waals surface area contributed by atoms with E-state index in [0.717, 1.165) is 0 Å². The summed E-state index contributed by atoms with van der Waals surface area (Å²) in [5, 5.41) is 27.7. The number of hydrogen-bond acceptors (Lipinski definition) is 8. The highest BCUT2D eigenvalue weighted by Crippen LogP contribution is 2.31. The summed E-state index contributed by atoms with van der Waals surface area (Å²) < 4.78 is 27.1. The van der Waals surface area contributed by atoms with Crippen molar-refractivity contribution in [3.63, 3.8) is 0 Å². The molecule has 1 amide bonds. The molecule has 0 bridgehead atoms. The Bertz CT molecular complexity index is 1200. The Morgan fingerprint density at radius 1 is 1.03 bits per heavy atom. The van der Waals surface area contributed by atoms with E-state index in [1.165, 1.54) is 61.5 Å². The third-order valence-electron chi connectivity index (χ3n) is 3.59. The Balaban J connectivity index is 1.75. The molecular formula is C18H15ClN6O4S. The number of carbonyl (C=O) groups excluding carboxylic acids is 1. The zero-order valence-electron chi connectivity index (χ0n) is 15.4. The Hall–Kier alpha value is -3.57. The first-order valence-corrected chi connectivity index (χ1v) is 10.2. The maximum Gasteiger partial charge on any atom is 0.263 e. The number of rotatable bonds is 6. The number of phenolic OH excluding ortho intramolecular Hbond substituents is 1. The van der Waals surface area contributed by atoms with Gasteiger partial charge in [-0.1, -0.05) is 11.6 Å². The van der Waals surface area contributed by atoms with Crippen LogP contribution in [0.1, 0.15) is 6.92 Å². The number of halogens is 1. The van der Waals surface area contributed by atoms with Crippen LogP contribution in [0.3, 0.4) is 0 Å². The van der Waals surface area contributed by atoms with Gasteiger partial charge in [0.1, 0.15) is 11.4 Å². The highest BCUT2D eigenvalue weighted by atomic mass is 35.5. The molecule has 12 heteroatoms. The van der Waals surface area contributed by atoms with Crippen molar-refractivity contribution in [2.75, 3.05) is 10.0 Å². The van der Waals surface area contributed by atoms with Gasteiger partial charge in [-0.15, -0.1) is 15.3 Å². The molecule has 0 fully saturated rings. The van der Waals surface area contributed by atoms with Crippen LogP contribution in [0, 0.1) is 0 Å². The molecule has 0 unspecified atom stereocenters. The Morgan fingerprint density at radius 2 is 1.77 bits per heavy atom. The number of sulfonamides is 1. The van der Waals surface area contributed by atoms with Gasteiger partial charge >= 0.3 is 0 Å². The van der Waals surface area contributed by atoms with E-state index >= 15 is 0 Å². The predicted octanol–water partition coefficient (Wildman–Crippen LogP) is 4.01. The van der Waals surface area contributed by atoms with Crippen LogP contribution in [0.5, 0.6) is 5.75 Å². The van der Waals surface area contributed by atoms with E-state index in [1.807, 2.05) is 0 Å². The molecule has 1 aromatic heterocycles. The summed E-state index contributed by atoms with van der Waals surface area (Å²) in [5.74, 6) is -0.364. The van der Waals surface area contributed by atoms with Gasteiger partial charge in [-0.25, -0.2) is 8.42 Å². The number of aromatic hydroxyl groups is 1. The fourth-order valence-electron chi connectivity index (χ4n) is 2.26. The van der Waals surface area contributed by atoms with Crippen molar-refractivity contribution >= 4 is 50.4 Å². The van der Waals surface area contributed by atoms with Crippen LogP contribution in [0.25, 0.3) is 0 Å². The van der Waals surface area contributed by atoms with Crippen LogP contribution < -0.4 is 10.0 Å². The summed E-state index contributed by atoms with van der Waals surface area (Å²) in [4.78, 5) is 11.1. The van der Waals surface area contributed by atoms with Crippen molar-refractivity contribution in [2.45, 2.75) is 11.8 Å². The zero-order chi connectivity index (χ0) is 21.7. The third kappa shape index (κ3) is 5.49. The second-order valence-corrected chi connectivity index (χ2v) is 8.00. The second-order valence-electron chi connectivity index (χ2n) is 5.93. The van der Waals surface area contributed by atoms with E-state index in [2.05, 4.69) is 30.5 Å². The molecule has 0 spiro atoms.